The van der Waals surface area contributed by atoms with E-state index in [2.05, 4.69) is 5.32 Å². The van der Waals surface area contributed by atoms with E-state index in [1.165, 1.54) is 0 Å². The minimum Gasteiger partial charge on any atom is -0.480 e. The Balaban J connectivity index is 2.91. The van der Waals surface area contributed by atoms with E-state index in [0.717, 1.165) is 9.13 Å². The van der Waals surface area contributed by atoms with E-state index in [-0.39, 0.29) is 0 Å². The van der Waals surface area contributed by atoms with Gasteiger partial charge in [-0.25, -0.2) is 4.79 Å². The number of rotatable bonds is 5. The number of benzene rings is 1. The van der Waals surface area contributed by atoms with Crippen molar-refractivity contribution in [2.45, 2.75) is 19.4 Å². The van der Waals surface area contributed by atoms with E-state index in [9.17, 15) is 14.4 Å². The molecule has 0 saturated carbocycles. The van der Waals surface area contributed by atoms with Crippen LogP contribution < -0.4 is 11.1 Å². The molecule has 1 rings (SSSR count). The van der Waals surface area contributed by atoms with Crippen LogP contribution >= 0.6 is 22.6 Å². The molecule has 0 heterocycles. The largest absolute Gasteiger partial charge is 0.480 e. The summed E-state index contributed by atoms with van der Waals surface area (Å²) in [7, 11) is 0. The molecule has 1 unspecified atom stereocenters. The number of carbonyl (C=O) groups excluding carboxylic acids is 2. The Labute approximate surface area is 123 Å². The topological polar surface area (TPSA) is 109 Å². The van der Waals surface area contributed by atoms with Crippen LogP contribution in [-0.4, -0.2) is 28.9 Å². The van der Waals surface area contributed by atoms with Gasteiger partial charge in [-0.15, -0.1) is 0 Å². The summed E-state index contributed by atoms with van der Waals surface area (Å²) in [5.41, 5.74) is 6.23. The summed E-state index contributed by atoms with van der Waals surface area (Å²) in [5.74, 6) is -2.62. The third kappa shape index (κ3) is 4.19. The van der Waals surface area contributed by atoms with Crippen molar-refractivity contribution in [1.82, 2.24) is 5.32 Å². The Kier molecular flexibility index (Phi) is 5.28. The van der Waals surface area contributed by atoms with Gasteiger partial charge in [-0.1, -0.05) is 12.1 Å². The number of carbonyl (C=O) groups is 3. The number of hydrogen-bond donors (Lipinski definition) is 3. The van der Waals surface area contributed by atoms with Crippen LogP contribution in [0, 0.1) is 10.5 Å². The maximum Gasteiger partial charge on any atom is 0.326 e. The van der Waals surface area contributed by atoms with Crippen molar-refractivity contribution in [2.75, 3.05) is 0 Å². The maximum atomic E-state index is 12.0. The first-order valence-electron chi connectivity index (χ1n) is 5.40. The number of aryl methyl sites for hydroxylation is 1. The molecule has 1 aromatic rings. The number of halogens is 1. The molecule has 0 aromatic heterocycles. The molecular weight excluding hydrogens is 363 g/mol. The molecule has 0 radical (unpaired) electrons. The summed E-state index contributed by atoms with van der Waals surface area (Å²) in [6, 6.07) is 3.82. The van der Waals surface area contributed by atoms with Gasteiger partial charge in [-0.05, 0) is 41.1 Å². The molecular formula is C12H13IN2O4. The third-order valence-corrected chi connectivity index (χ3v) is 3.88. The van der Waals surface area contributed by atoms with E-state index < -0.39 is 30.2 Å². The Morgan fingerprint density at radius 2 is 2.05 bits per heavy atom. The van der Waals surface area contributed by atoms with Gasteiger partial charge >= 0.3 is 5.97 Å². The number of carboxylic acid groups (broad SMARTS) is 1. The van der Waals surface area contributed by atoms with Crippen molar-refractivity contribution >= 4 is 40.4 Å². The minimum absolute atomic E-state index is 0.372. The predicted molar refractivity (Wildman–Crippen MR) is 76.6 cm³/mol. The van der Waals surface area contributed by atoms with Gasteiger partial charge < -0.3 is 16.2 Å². The molecule has 0 aliphatic rings. The summed E-state index contributed by atoms with van der Waals surface area (Å²) < 4.78 is 0.737. The fourth-order valence-electron chi connectivity index (χ4n) is 1.46. The molecule has 0 bridgehead atoms. The van der Waals surface area contributed by atoms with E-state index in [0.29, 0.717) is 5.56 Å². The first kappa shape index (κ1) is 15.4. The third-order valence-electron chi connectivity index (χ3n) is 2.45. The van der Waals surface area contributed by atoms with Gasteiger partial charge in [-0.2, -0.15) is 0 Å². The summed E-state index contributed by atoms with van der Waals surface area (Å²) in [5, 5.41) is 11.2. The Morgan fingerprint density at radius 3 is 2.58 bits per heavy atom. The van der Waals surface area contributed by atoms with Crippen LogP contribution in [0.25, 0.3) is 0 Å². The lowest BCUT2D eigenvalue weighted by atomic mass is 10.1. The van der Waals surface area contributed by atoms with Crippen LogP contribution in [0.1, 0.15) is 22.3 Å². The number of nitrogens with one attached hydrogen (secondary N) is 1. The summed E-state index contributed by atoms with van der Waals surface area (Å²) in [4.78, 5) is 33.7. The second-order valence-corrected chi connectivity index (χ2v) is 5.05. The van der Waals surface area contributed by atoms with E-state index >= 15 is 0 Å². The van der Waals surface area contributed by atoms with Gasteiger partial charge in [0.1, 0.15) is 6.04 Å². The highest BCUT2D eigenvalue weighted by atomic mass is 127. The monoisotopic (exact) mass is 376 g/mol. The van der Waals surface area contributed by atoms with Gasteiger partial charge in [0.05, 0.1) is 12.0 Å². The van der Waals surface area contributed by atoms with Gasteiger partial charge in [-0.3, -0.25) is 9.59 Å². The van der Waals surface area contributed by atoms with Crippen molar-refractivity contribution in [1.29, 1.82) is 0 Å². The fraction of sp³-hybridized carbons (Fsp3) is 0.250. The van der Waals surface area contributed by atoms with Crippen LogP contribution in [0.2, 0.25) is 0 Å². The Bertz CT molecular complexity index is 530. The molecule has 19 heavy (non-hydrogen) atoms. The number of carboxylic acids is 1. The molecule has 0 fully saturated rings. The first-order valence-corrected chi connectivity index (χ1v) is 6.48. The van der Waals surface area contributed by atoms with E-state index in [4.69, 9.17) is 10.8 Å². The van der Waals surface area contributed by atoms with Crippen molar-refractivity contribution < 1.29 is 19.5 Å². The maximum absolute atomic E-state index is 12.0. The minimum atomic E-state index is -1.32. The van der Waals surface area contributed by atoms with Crippen molar-refractivity contribution in [3.05, 3.63) is 32.9 Å². The molecule has 102 valence electrons. The molecule has 1 aromatic carbocycles. The average Bonchev–Trinajstić information content (AvgIpc) is 2.31. The van der Waals surface area contributed by atoms with Crippen LogP contribution in [0.4, 0.5) is 0 Å². The van der Waals surface area contributed by atoms with Gasteiger partial charge in [0, 0.05) is 3.57 Å². The second kappa shape index (κ2) is 6.50. The molecule has 0 spiro atoms. The smallest absolute Gasteiger partial charge is 0.326 e. The predicted octanol–water partition coefficient (Wildman–Crippen LogP) is 0.658. The molecule has 0 saturated heterocycles. The molecule has 7 heteroatoms. The average molecular weight is 376 g/mol. The zero-order valence-electron chi connectivity index (χ0n) is 10.1. The number of aliphatic carboxylic acids is 1. The van der Waals surface area contributed by atoms with Crippen LogP contribution in [-0.2, 0) is 9.59 Å². The molecule has 0 aliphatic heterocycles. The first-order chi connectivity index (χ1) is 8.82. The zero-order chi connectivity index (χ0) is 14.6. The normalized spacial score (nSPS) is 11.7. The molecule has 6 nitrogen and oxygen atoms in total. The Hall–Kier alpha value is -1.64. The summed E-state index contributed by atoms with van der Waals surface area (Å²) >= 11 is 2.01. The van der Waals surface area contributed by atoms with Crippen LogP contribution in [0.5, 0.6) is 0 Å². The number of nitrogens with two attached hydrogens (primary N) is 1. The number of hydrogen-bond acceptors (Lipinski definition) is 3. The van der Waals surface area contributed by atoms with Crippen LogP contribution in [0.15, 0.2) is 18.2 Å². The van der Waals surface area contributed by atoms with Crippen LogP contribution in [0.3, 0.4) is 0 Å². The SMILES string of the molecule is Cc1cccc(C(=O)NC(CC(N)=O)C(=O)O)c1I. The molecule has 4 N–H and O–H groups in total. The fourth-order valence-corrected chi connectivity index (χ4v) is 2.06. The van der Waals surface area contributed by atoms with Gasteiger partial charge in [0.15, 0.2) is 0 Å². The van der Waals surface area contributed by atoms with Gasteiger partial charge in [0.25, 0.3) is 5.91 Å². The lowest BCUT2D eigenvalue weighted by molar-refractivity contribution is -0.140. The number of primary amides is 1. The lowest BCUT2D eigenvalue weighted by Crippen LogP contribution is -2.43. The van der Waals surface area contributed by atoms with E-state index in [1.54, 1.807) is 12.1 Å². The highest BCUT2D eigenvalue weighted by Crippen LogP contribution is 2.16. The molecule has 0 aliphatic carbocycles. The van der Waals surface area contributed by atoms with Crippen molar-refractivity contribution in [2.24, 2.45) is 5.73 Å². The van der Waals surface area contributed by atoms with Crippen molar-refractivity contribution in [3.63, 3.8) is 0 Å². The van der Waals surface area contributed by atoms with Crippen molar-refractivity contribution in [3.8, 4) is 0 Å². The zero-order valence-corrected chi connectivity index (χ0v) is 12.3. The van der Waals surface area contributed by atoms with E-state index in [1.807, 2.05) is 35.6 Å². The highest BCUT2D eigenvalue weighted by molar-refractivity contribution is 14.1. The molecule has 2 amide bonds. The molecule has 1 atom stereocenters. The Morgan fingerprint density at radius 1 is 1.42 bits per heavy atom. The number of amides is 2. The van der Waals surface area contributed by atoms with Gasteiger partial charge in [0.2, 0.25) is 5.91 Å². The quantitative estimate of drug-likeness (QED) is 0.656. The lowest BCUT2D eigenvalue weighted by Gasteiger charge is -2.14. The summed E-state index contributed by atoms with van der Waals surface area (Å²) in [6.45, 7) is 1.84. The summed E-state index contributed by atoms with van der Waals surface area (Å²) in [6.07, 6.45) is -0.441. The standard InChI is InChI=1S/C12H13IN2O4/c1-6-3-2-4-7(10(6)13)11(17)15-8(12(18)19)5-9(14)16/h2-4,8H,5H2,1H3,(H2,14,16)(H,15,17)(H,18,19). The highest BCUT2D eigenvalue weighted by Gasteiger charge is 2.23. The second-order valence-electron chi connectivity index (χ2n) is 3.97.